The summed E-state index contributed by atoms with van der Waals surface area (Å²) in [7, 11) is 0. The standard InChI is InChI=1S/C29H27F3N4O2/c1-3-5-11-33-28(38)26-17-35-25(16-36-26)21-13-20-19(12-18-9-7-6-8-10-18)22(27(37)4-2)15-34-24(20)14-23(21)29(30,31)32/h6-10,13-17H,3-5,11-12H2,1-2H3,(H,33,38). The van der Waals surface area contributed by atoms with Crippen LogP contribution in [0.2, 0.25) is 0 Å². The zero-order valence-corrected chi connectivity index (χ0v) is 21.1. The minimum atomic E-state index is -4.69. The Bertz CT molecular complexity index is 1450. The first-order valence-corrected chi connectivity index (χ1v) is 12.4. The van der Waals surface area contributed by atoms with Gasteiger partial charge in [0.1, 0.15) is 5.69 Å². The molecule has 9 heteroatoms. The van der Waals surface area contributed by atoms with Crippen molar-refractivity contribution in [3.8, 4) is 11.3 Å². The zero-order valence-electron chi connectivity index (χ0n) is 21.1. The van der Waals surface area contributed by atoms with E-state index in [4.69, 9.17) is 0 Å². The lowest BCUT2D eigenvalue weighted by Gasteiger charge is -2.17. The van der Waals surface area contributed by atoms with Gasteiger partial charge in [-0.2, -0.15) is 13.2 Å². The maximum atomic E-state index is 14.2. The van der Waals surface area contributed by atoms with Crippen LogP contribution in [-0.4, -0.2) is 33.2 Å². The van der Waals surface area contributed by atoms with Gasteiger partial charge in [0, 0.05) is 35.7 Å². The van der Waals surface area contributed by atoms with E-state index < -0.39 is 17.6 Å². The van der Waals surface area contributed by atoms with E-state index in [1.54, 1.807) is 6.92 Å². The van der Waals surface area contributed by atoms with Gasteiger partial charge in [0.25, 0.3) is 5.91 Å². The number of halogens is 3. The van der Waals surface area contributed by atoms with Gasteiger partial charge in [-0.25, -0.2) is 4.98 Å². The molecule has 0 aliphatic rings. The lowest BCUT2D eigenvalue weighted by Crippen LogP contribution is -2.25. The third-order valence-electron chi connectivity index (χ3n) is 6.25. The van der Waals surface area contributed by atoms with E-state index in [9.17, 15) is 22.8 Å². The molecular formula is C29H27F3N4O2. The molecule has 0 aliphatic heterocycles. The van der Waals surface area contributed by atoms with Crippen molar-refractivity contribution in [2.24, 2.45) is 0 Å². The second-order valence-electron chi connectivity index (χ2n) is 8.90. The maximum absolute atomic E-state index is 14.2. The lowest BCUT2D eigenvalue weighted by atomic mass is 9.91. The zero-order chi connectivity index (χ0) is 27.3. The van der Waals surface area contributed by atoms with E-state index in [1.165, 1.54) is 18.5 Å². The molecular weight excluding hydrogens is 493 g/mol. The fraction of sp³-hybridized carbons (Fsp3) is 0.276. The van der Waals surface area contributed by atoms with Gasteiger partial charge in [-0.15, -0.1) is 0 Å². The fourth-order valence-electron chi connectivity index (χ4n) is 4.22. The third kappa shape index (κ3) is 5.88. The Morgan fingerprint density at radius 1 is 0.947 bits per heavy atom. The number of rotatable bonds is 9. The minimum Gasteiger partial charge on any atom is -0.351 e. The molecule has 4 aromatic rings. The van der Waals surface area contributed by atoms with Gasteiger partial charge in [0.2, 0.25) is 0 Å². The number of carbonyl (C=O) groups is 2. The van der Waals surface area contributed by atoms with Crippen molar-refractivity contribution in [2.75, 3.05) is 6.54 Å². The number of fused-ring (bicyclic) bond motifs is 1. The predicted octanol–water partition coefficient (Wildman–Crippen LogP) is 6.42. The molecule has 0 saturated heterocycles. The fourth-order valence-corrected chi connectivity index (χ4v) is 4.22. The van der Waals surface area contributed by atoms with E-state index in [-0.39, 0.29) is 34.7 Å². The lowest BCUT2D eigenvalue weighted by molar-refractivity contribution is -0.137. The highest BCUT2D eigenvalue weighted by molar-refractivity contribution is 6.02. The normalized spacial score (nSPS) is 11.5. The summed E-state index contributed by atoms with van der Waals surface area (Å²) in [5.74, 6) is -0.589. The number of alkyl halides is 3. The Hall–Kier alpha value is -4.14. The first kappa shape index (κ1) is 26.9. The number of nitrogens with zero attached hydrogens (tertiary/aromatic N) is 3. The highest BCUT2D eigenvalue weighted by atomic mass is 19.4. The molecule has 0 bridgehead atoms. The molecule has 0 atom stereocenters. The molecule has 196 valence electrons. The van der Waals surface area contributed by atoms with Gasteiger partial charge >= 0.3 is 6.18 Å². The van der Waals surface area contributed by atoms with Crippen LogP contribution in [0, 0.1) is 0 Å². The Morgan fingerprint density at radius 3 is 2.34 bits per heavy atom. The molecule has 4 rings (SSSR count). The second kappa shape index (κ2) is 11.5. The molecule has 2 heterocycles. The number of carbonyl (C=O) groups excluding carboxylic acids is 2. The van der Waals surface area contributed by atoms with Crippen molar-refractivity contribution >= 4 is 22.6 Å². The van der Waals surface area contributed by atoms with Crippen LogP contribution in [0.15, 0.2) is 61.1 Å². The van der Waals surface area contributed by atoms with E-state index in [2.05, 4.69) is 20.3 Å². The Kier molecular flexibility index (Phi) is 8.14. The number of nitrogens with one attached hydrogen (secondary N) is 1. The van der Waals surface area contributed by atoms with Crippen LogP contribution >= 0.6 is 0 Å². The monoisotopic (exact) mass is 520 g/mol. The van der Waals surface area contributed by atoms with E-state index >= 15 is 0 Å². The number of aromatic nitrogens is 3. The van der Waals surface area contributed by atoms with Gasteiger partial charge in [-0.1, -0.05) is 50.6 Å². The number of ketones is 1. The quantitative estimate of drug-likeness (QED) is 0.203. The summed E-state index contributed by atoms with van der Waals surface area (Å²) in [5.41, 5.74) is 0.857. The van der Waals surface area contributed by atoms with Gasteiger partial charge < -0.3 is 5.32 Å². The molecule has 0 saturated carbocycles. The number of hydrogen-bond donors (Lipinski definition) is 1. The molecule has 0 radical (unpaired) electrons. The number of unbranched alkanes of at least 4 members (excludes halogenated alkanes) is 1. The summed E-state index contributed by atoms with van der Waals surface area (Å²) >= 11 is 0. The summed E-state index contributed by atoms with van der Waals surface area (Å²) in [6.45, 7) is 4.19. The maximum Gasteiger partial charge on any atom is 0.417 e. The number of Topliss-reactive ketones (excluding diaryl/α,β-unsaturated/α-hetero) is 1. The molecule has 38 heavy (non-hydrogen) atoms. The highest BCUT2D eigenvalue weighted by Gasteiger charge is 2.35. The van der Waals surface area contributed by atoms with Crippen molar-refractivity contribution in [3.05, 3.63) is 89.0 Å². The molecule has 2 aromatic carbocycles. The van der Waals surface area contributed by atoms with Crippen LogP contribution in [0.5, 0.6) is 0 Å². The van der Waals surface area contributed by atoms with E-state index in [0.29, 0.717) is 29.5 Å². The molecule has 0 aliphatic carbocycles. The Labute approximate surface area is 218 Å². The van der Waals surface area contributed by atoms with Crippen LogP contribution in [0.4, 0.5) is 13.2 Å². The first-order chi connectivity index (χ1) is 18.2. The number of benzene rings is 2. The van der Waals surface area contributed by atoms with Gasteiger partial charge in [0.05, 0.1) is 29.2 Å². The molecule has 0 unspecified atom stereocenters. The first-order valence-electron chi connectivity index (χ1n) is 12.4. The summed E-state index contributed by atoms with van der Waals surface area (Å²) in [6, 6.07) is 11.7. The largest absolute Gasteiger partial charge is 0.417 e. The van der Waals surface area contributed by atoms with Crippen molar-refractivity contribution in [1.82, 2.24) is 20.3 Å². The summed E-state index contributed by atoms with van der Waals surface area (Å²) in [6.07, 6.45) is 1.27. The Morgan fingerprint density at radius 2 is 1.71 bits per heavy atom. The molecule has 6 nitrogen and oxygen atoms in total. The number of amides is 1. The van der Waals surface area contributed by atoms with Crippen LogP contribution in [0.1, 0.15) is 70.6 Å². The topological polar surface area (TPSA) is 84.8 Å². The number of hydrogen-bond acceptors (Lipinski definition) is 5. The third-order valence-corrected chi connectivity index (χ3v) is 6.25. The number of pyridine rings is 1. The van der Waals surface area contributed by atoms with Crippen LogP contribution in [-0.2, 0) is 12.6 Å². The predicted molar refractivity (Wildman–Crippen MR) is 139 cm³/mol. The molecule has 0 fully saturated rings. The highest BCUT2D eigenvalue weighted by Crippen LogP contribution is 2.40. The van der Waals surface area contributed by atoms with Gasteiger partial charge in [-0.3, -0.25) is 19.6 Å². The molecule has 1 N–H and O–H groups in total. The summed E-state index contributed by atoms with van der Waals surface area (Å²) in [4.78, 5) is 37.5. The van der Waals surface area contributed by atoms with Crippen molar-refractivity contribution < 1.29 is 22.8 Å². The second-order valence-corrected chi connectivity index (χ2v) is 8.90. The SMILES string of the molecule is CCCCNC(=O)c1cnc(-c2cc3c(Cc4ccccc4)c(C(=O)CC)cnc3cc2C(F)(F)F)cn1. The van der Waals surface area contributed by atoms with E-state index in [0.717, 1.165) is 30.7 Å². The average Bonchev–Trinajstić information content (AvgIpc) is 2.92. The van der Waals surface area contributed by atoms with E-state index in [1.807, 2.05) is 37.3 Å². The van der Waals surface area contributed by atoms with Crippen molar-refractivity contribution in [2.45, 2.75) is 45.7 Å². The van der Waals surface area contributed by atoms with Crippen molar-refractivity contribution in [3.63, 3.8) is 0 Å². The molecule has 1 amide bonds. The van der Waals surface area contributed by atoms with Gasteiger partial charge in [-0.05, 0) is 36.1 Å². The summed E-state index contributed by atoms with van der Waals surface area (Å²) < 4.78 is 42.5. The summed E-state index contributed by atoms with van der Waals surface area (Å²) in [5, 5.41) is 3.14. The van der Waals surface area contributed by atoms with Gasteiger partial charge in [0.15, 0.2) is 5.78 Å². The average molecular weight is 521 g/mol. The van der Waals surface area contributed by atoms with Crippen LogP contribution < -0.4 is 5.32 Å². The van der Waals surface area contributed by atoms with Crippen LogP contribution in [0.25, 0.3) is 22.2 Å². The minimum absolute atomic E-state index is 0.0152. The van der Waals surface area contributed by atoms with Crippen molar-refractivity contribution in [1.29, 1.82) is 0 Å². The molecule has 0 spiro atoms. The van der Waals surface area contributed by atoms with Crippen LogP contribution in [0.3, 0.4) is 0 Å². The Balaban J connectivity index is 1.87. The molecule has 2 aromatic heterocycles. The smallest absolute Gasteiger partial charge is 0.351 e.